The first-order valence-electron chi connectivity index (χ1n) is 5.07. The fourth-order valence-corrected chi connectivity index (χ4v) is 2.67. The fraction of sp³-hybridized carbons (Fsp3) is 0.0769. The second kappa shape index (κ2) is 5.67. The molecule has 0 amide bonds. The van der Waals surface area contributed by atoms with Crippen LogP contribution in [0.1, 0.15) is 5.56 Å². The predicted octanol–water partition coefficient (Wildman–Crippen LogP) is 5.05. The Hall–Kier alpha value is -1.13. The molecule has 2 aromatic rings. The van der Waals surface area contributed by atoms with E-state index in [4.69, 9.17) is 11.6 Å². The predicted molar refractivity (Wildman–Crippen MR) is 67.3 cm³/mol. The molecule has 94 valence electrons. The number of halogens is 4. The number of hydrogen-bond donors (Lipinski definition) is 0. The molecule has 0 fully saturated rings. The highest BCUT2D eigenvalue weighted by Crippen LogP contribution is 2.27. The third-order valence-corrected chi connectivity index (χ3v) is 3.43. The quantitative estimate of drug-likeness (QED) is 0.712. The van der Waals surface area contributed by atoms with Crippen LogP contribution in [0.25, 0.3) is 0 Å². The minimum atomic E-state index is -0.622. The van der Waals surface area contributed by atoms with Crippen LogP contribution >= 0.6 is 23.4 Å². The van der Waals surface area contributed by atoms with Crippen LogP contribution < -0.4 is 0 Å². The summed E-state index contributed by atoms with van der Waals surface area (Å²) in [5, 5.41) is 0.294. The molecule has 0 aromatic heterocycles. The van der Waals surface area contributed by atoms with Gasteiger partial charge in [0.25, 0.3) is 0 Å². The van der Waals surface area contributed by atoms with Crippen molar-refractivity contribution in [2.45, 2.75) is 10.6 Å². The highest BCUT2D eigenvalue weighted by Gasteiger charge is 2.04. The molecule has 0 aliphatic rings. The molecule has 0 heterocycles. The van der Waals surface area contributed by atoms with Crippen molar-refractivity contribution in [3.05, 3.63) is 64.4 Å². The van der Waals surface area contributed by atoms with Gasteiger partial charge in [0, 0.05) is 21.7 Å². The van der Waals surface area contributed by atoms with E-state index in [9.17, 15) is 13.2 Å². The molecule has 0 N–H and O–H groups in total. The average molecular weight is 289 g/mol. The molecule has 0 atom stereocenters. The molecule has 0 nitrogen and oxygen atoms in total. The summed E-state index contributed by atoms with van der Waals surface area (Å²) in [5.74, 6) is -1.34. The van der Waals surface area contributed by atoms with Crippen LogP contribution in [0.3, 0.4) is 0 Å². The lowest BCUT2D eigenvalue weighted by Crippen LogP contribution is -1.87. The zero-order valence-electron chi connectivity index (χ0n) is 9.09. The van der Waals surface area contributed by atoms with Gasteiger partial charge < -0.3 is 0 Å². The first-order chi connectivity index (χ1) is 8.52. The van der Waals surface area contributed by atoms with E-state index in [1.807, 2.05) is 0 Å². The van der Waals surface area contributed by atoms with Crippen LogP contribution in [0.5, 0.6) is 0 Å². The Labute approximate surface area is 112 Å². The van der Waals surface area contributed by atoms with E-state index in [-0.39, 0.29) is 0 Å². The van der Waals surface area contributed by atoms with E-state index < -0.39 is 17.5 Å². The van der Waals surface area contributed by atoms with Crippen molar-refractivity contribution in [2.24, 2.45) is 0 Å². The van der Waals surface area contributed by atoms with Crippen molar-refractivity contribution in [1.82, 2.24) is 0 Å². The summed E-state index contributed by atoms with van der Waals surface area (Å²) in [6.07, 6.45) is 0. The highest BCUT2D eigenvalue weighted by molar-refractivity contribution is 7.98. The molecule has 0 aliphatic heterocycles. The molecule has 0 spiro atoms. The Balaban J connectivity index is 2.11. The lowest BCUT2D eigenvalue weighted by Gasteiger charge is -2.04. The first kappa shape index (κ1) is 13.3. The van der Waals surface area contributed by atoms with Crippen molar-refractivity contribution >= 4 is 23.4 Å². The van der Waals surface area contributed by atoms with Crippen LogP contribution in [-0.2, 0) is 5.75 Å². The number of rotatable bonds is 3. The van der Waals surface area contributed by atoms with Gasteiger partial charge in [-0.15, -0.1) is 11.8 Å². The molecule has 0 saturated carbocycles. The summed E-state index contributed by atoms with van der Waals surface area (Å²) in [6, 6.07) is 7.44. The molecule has 5 heteroatoms. The van der Waals surface area contributed by atoms with Crippen LogP contribution in [-0.4, -0.2) is 0 Å². The minimum absolute atomic E-state index is 0.294. The van der Waals surface area contributed by atoms with Gasteiger partial charge in [0.05, 0.1) is 0 Å². The van der Waals surface area contributed by atoms with Gasteiger partial charge in [0.1, 0.15) is 17.5 Å². The summed E-state index contributed by atoms with van der Waals surface area (Å²) >= 11 is 6.97. The maximum absolute atomic E-state index is 13.1. The average Bonchev–Trinajstić information content (AvgIpc) is 2.23. The maximum Gasteiger partial charge on any atom is 0.126 e. The van der Waals surface area contributed by atoms with E-state index in [2.05, 4.69) is 0 Å². The Morgan fingerprint density at radius 2 is 1.44 bits per heavy atom. The maximum atomic E-state index is 13.1. The van der Waals surface area contributed by atoms with Crippen molar-refractivity contribution in [1.29, 1.82) is 0 Å². The second-order valence-corrected chi connectivity index (χ2v) is 5.16. The van der Waals surface area contributed by atoms with Crippen molar-refractivity contribution in [3.8, 4) is 0 Å². The van der Waals surface area contributed by atoms with Gasteiger partial charge in [-0.25, -0.2) is 13.2 Å². The van der Waals surface area contributed by atoms with Gasteiger partial charge in [-0.1, -0.05) is 11.6 Å². The van der Waals surface area contributed by atoms with Crippen LogP contribution in [0.4, 0.5) is 13.2 Å². The second-order valence-electron chi connectivity index (χ2n) is 3.67. The van der Waals surface area contributed by atoms with Crippen LogP contribution in [0.15, 0.2) is 41.3 Å². The summed E-state index contributed by atoms with van der Waals surface area (Å²) < 4.78 is 39.0. The summed E-state index contributed by atoms with van der Waals surface area (Å²) in [6.45, 7) is 0. The van der Waals surface area contributed by atoms with Crippen LogP contribution in [0.2, 0.25) is 5.02 Å². The molecular formula is C13H8ClF3S. The minimum Gasteiger partial charge on any atom is -0.207 e. The van der Waals surface area contributed by atoms with Crippen molar-refractivity contribution in [2.75, 3.05) is 0 Å². The Morgan fingerprint density at radius 3 is 2.06 bits per heavy atom. The highest BCUT2D eigenvalue weighted by atomic mass is 35.5. The van der Waals surface area contributed by atoms with Gasteiger partial charge in [0.15, 0.2) is 0 Å². The summed E-state index contributed by atoms with van der Waals surface area (Å²) in [7, 11) is 0. The topological polar surface area (TPSA) is 0 Å². The third-order valence-electron chi connectivity index (χ3n) is 2.16. The van der Waals surface area contributed by atoms with Gasteiger partial charge in [-0.05, 0) is 35.9 Å². The Bertz CT molecular complexity index is 480. The van der Waals surface area contributed by atoms with Gasteiger partial charge in [-0.3, -0.25) is 0 Å². The van der Waals surface area contributed by atoms with E-state index >= 15 is 0 Å². The molecule has 0 saturated heterocycles. The zero-order chi connectivity index (χ0) is 13.1. The molecule has 0 radical (unpaired) electrons. The monoisotopic (exact) mass is 288 g/mol. The molecule has 2 rings (SSSR count). The first-order valence-corrected chi connectivity index (χ1v) is 6.43. The Kier molecular flexibility index (Phi) is 4.19. The van der Waals surface area contributed by atoms with Gasteiger partial charge >= 0.3 is 0 Å². The lowest BCUT2D eigenvalue weighted by molar-refractivity contribution is 0.581. The smallest absolute Gasteiger partial charge is 0.126 e. The molecule has 2 aromatic carbocycles. The standard InChI is InChI=1S/C13H8ClF3S/c14-9-3-12(17)6-13(4-9)18-7-8-1-10(15)5-11(16)2-8/h1-6H,7H2. The molecular weight excluding hydrogens is 281 g/mol. The van der Waals surface area contributed by atoms with Gasteiger partial charge in [-0.2, -0.15) is 0 Å². The van der Waals surface area contributed by atoms with Crippen LogP contribution in [0, 0.1) is 17.5 Å². The zero-order valence-corrected chi connectivity index (χ0v) is 10.7. The Morgan fingerprint density at radius 1 is 0.833 bits per heavy atom. The van der Waals surface area contributed by atoms with E-state index in [0.29, 0.717) is 21.2 Å². The van der Waals surface area contributed by atoms with E-state index in [1.54, 1.807) is 6.07 Å². The van der Waals surface area contributed by atoms with Crippen molar-refractivity contribution < 1.29 is 13.2 Å². The summed E-state index contributed by atoms with van der Waals surface area (Å²) in [4.78, 5) is 0.615. The largest absolute Gasteiger partial charge is 0.207 e. The van der Waals surface area contributed by atoms with Crippen molar-refractivity contribution in [3.63, 3.8) is 0 Å². The third kappa shape index (κ3) is 3.68. The summed E-state index contributed by atoms with van der Waals surface area (Å²) in [5.41, 5.74) is 0.498. The SMILES string of the molecule is Fc1cc(F)cc(CSc2cc(F)cc(Cl)c2)c1. The normalized spacial score (nSPS) is 10.7. The van der Waals surface area contributed by atoms with E-state index in [1.165, 1.54) is 36.0 Å². The molecule has 0 unspecified atom stereocenters. The molecule has 18 heavy (non-hydrogen) atoms. The number of hydrogen-bond acceptors (Lipinski definition) is 1. The lowest BCUT2D eigenvalue weighted by atomic mass is 10.2. The molecule has 0 aliphatic carbocycles. The number of benzene rings is 2. The number of thioether (sulfide) groups is 1. The molecule has 0 bridgehead atoms. The van der Waals surface area contributed by atoms with E-state index in [0.717, 1.165) is 6.07 Å². The fourth-order valence-electron chi connectivity index (χ4n) is 1.47. The van der Waals surface area contributed by atoms with Gasteiger partial charge in [0.2, 0.25) is 0 Å².